The summed E-state index contributed by atoms with van der Waals surface area (Å²) in [5.41, 5.74) is 0. The third-order valence-corrected chi connectivity index (χ3v) is 4.00. The number of carboxylic acids is 1. The highest BCUT2D eigenvalue weighted by Gasteiger charge is 2.07. The van der Waals surface area contributed by atoms with Gasteiger partial charge in [-0.2, -0.15) is 0 Å². The summed E-state index contributed by atoms with van der Waals surface area (Å²) in [6.45, 7) is 0. The molecular formula is C18H30O2. The van der Waals surface area contributed by atoms with Crippen LogP contribution in [0.15, 0.2) is 24.3 Å². The molecule has 20 heavy (non-hydrogen) atoms. The first-order chi connectivity index (χ1) is 9.79. The fourth-order valence-corrected chi connectivity index (χ4v) is 2.75. The van der Waals surface area contributed by atoms with Crippen molar-refractivity contribution >= 4 is 5.97 Å². The van der Waals surface area contributed by atoms with E-state index in [2.05, 4.69) is 18.2 Å². The average molecular weight is 278 g/mol. The molecule has 0 aliphatic heterocycles. The van der Waals surface area contributed by atoms with Crippen LogP contribution in [0, 0.1) is 5.92 Å². The van der Waals surface area contributed by atoms with Crippen LogP contribution in [-0.2, 0) is 4.79 Å². The Morgan fingerprint density at radius 2 is 1.75 bits per heavy atom. The first-order valence-corrected chi connectivity index (χ1v) is 8.32. The molecule has 1 rings (SSSR count). The zero-order valence-corrected chi connectivity index (χ0v) is 12.7. The van der Waals surface area contributed by atoms with Gasteiger partial charge in [-0.3, -0.25) is 4.79 Å². The van der Waals surface area contributed by atoms with E-state index in [1.165, 1.54) is 57.8 Å². The molecule has 0 fully saturated rings. The Morgan fingerprint density at radius 3 is 2.45 bits per heavy atom. The van der Waals surface area contributed by atoms with Crippen molar-refractivity contribution in [1.82, 2.24) is 0 Å². The lowest BCUT2D eigenvalue weighted by Gasteiger charge is -2.06. The Labute approximate surface area is 124 Å². The normalized spacial score (nSPS) is 18.1. The SMILES string of the molecule is O=C(O)CC/C=C/CCCCCCCC[C@@H]1C=CCC1. The Hall–Kier alpha value is -1.05. The summed E-state index contributed by atoms with van der Waals surface area (Å²) in [5, 5.41) is 8.49. The standard InChI is InChI=1S/C18H30O2/c19-18(20)16-10-8-6-4-2-1-3-5-7-9-13-17-14-11-12-15-17/h6,8,11,14,17H,1-5,7,9-10,12-13,15-16H2,(H,19,20)/b8-6+/t17-/m1/s1. The minimum absolute atomic E-state index is 0.257. The van der Waals surface area contributed by atoms with Gasteiger partial charge < -0.3 is 5.11 Å². The van der Waals surface area contributed by atoms with Gasteiger partial charge in [-0.1, -0.05) is 56.4 Å². The highest BCUT2D eigenvalue weighted by Crippen LogP contribution is 2.23. The number of carboxylic acid groups (broad SMARTS) is 1. The molecule has 0 aromatic carbocycles. The zero-order chi connectivity index (χ0) is 14.5. The molecule has 0 unspecified atom stereocenters. The molecule has 0 amide bonds. The van der Waals surface area contributed by atoms with Crippen LogP contribution in [0.3, 0.4) is 0 Å². The van der Waals surface area contributed by atoms with Crippen molar-refractivity contribution < 1.29 is 9.90 Å². The Kier molecular flexibility index (Phi) is 9.99. The van der Waals surface area contributed by atoms with Gasteiger partial charge in [-0.05, 0) is 44.4 Å². The van der Waals surface area contributed by atoms with Gasteiger partial charge in [0.2, 0.25) is 0 Å². The molecule has 0 bridgehead atoms. The van der Waals surface area contributed by atoms with Gasteiger partial charge in [-0.15, -0.1) is 0 Å². The number of rotatable bonds is 12. The summed E-state index contributed by atoms with van der Waals surface area (Å²) in [7, 11) is 0. The Bertz CT molecular complexity index is 305. The van der Waals surface area contributed by atoms with E-state index in [9.17, 15) is 4.79 Å². The van der Waals surface area contributed by atoms with Crippen molar-refractivity contribution in [3.05, 3.63) is 24.3 Å². The van der Waals surface area contributed by atoms with Crippen molar-refractivity contribution in [3.63, 3.8) is 0 Å². The van der Waals surface area contributed by atoms with Crippen LogP contribution >= 0.6 is 0 Å². The van der Waals surface area contributed by atoms with Gasteiger partial charge >= 0.3 is 5.97 Å². The summed E-state index contributed by atoms with van der Waals surface area (Å²) in [4.78, 5) is 10.3. The molecule has 1 N–H and O–H groups in total. The molecule has 0 aromatic rings. The van der Waals surface area contributed by atoms with E-state index in [-0.39, 0.29) is 6.42 Å². The second-order valence-corrected chi connectivity index (χ2v) is 5.87. The van der Waals surface area contributed by atoms with Crippen molar-refractivity contribution in [2.24, 2.45) is 5.92 Å². The molecule has 1 aliphatic carbocycles. The van der Waals surface area contributed by atoms with Crippen LogP contribution in [0.25, 0.3) is 0 Å². The van der Waals surface area contributed by atoms with E-state index in [1.54, 1.807) is 0 Å². The summed E-state index contributed by atoms with van der Waals surface area (Å²) in [5.74, 6) is 0.175. The molecular weight excluding hydrogens is 248 g/mol. The van der Waals surface area contributed by atoms with Crippen LogP contribution in [0.1, 0.15) is 77.0 Å². The summed E-state index contributed by atoms with van der Waals surface area (Å²) < 4.78 is 0. The molecule has 0 heterocycles. The third kappa shape index (κ3) is 9.82. The molecule has 0 saturated carbocycles. The number of hydrogen-bond donors (Lipinski definition) is 1. The smallest absolute Gasteiger partial charge is 0.303 e. The second-order valence-electron chi connectivity index (χ2n) is 5.87. The van der Waals surface area contributed by atoms with Gasteiger partial charge in [0.15, 0.2) is 0 Å². The number of hydrogen-bond acceptors (Lipinski definition) is 1. The van der Waals surface area contributed by atoms with Gasteiger partial charge in [0.05, 0.1) is 0 Å². The molecule has 1 atom stereocenters. The maximum atomic E-state index is 10.3. The minimum atomic E-state index is -0.706. The number of allylic oxidation sites excluding steroid dienone is 4. The maximum absolute atomic E-state index is 10.3. The summed E-state index contributed by atoms with van der Waals surface area (Å²) in [6, 6.07) is 0. The van der Waals surface area contributed by atoms with E-state index in [0.717, 1.165) is 12.3 Å². The molecule has 0 aromatic heterocycles. The summed E-state index contributed by atoms with van der Waals surface area (Å²) >= 11 is 0. The lowest BCUT2D eigenvalue weighted by atomic mass is 10.00. The number of aliphatic carboxylic acids is 1. The molecule has 0 radical (unpaired) electrons. The lowest BCUT2D eigenvalue weighted by molar-refractivity contribution is -0.136. The van der Waals surface area contributed by atoms with E-state index in [0.29, 0.717) is 6.42 Å². The van der Waals surface area contributed by atoms with Crippen LogP contribution in [0.2, 0.25) is 0 Å². The Balaban J connectivity index is 1.76. The zero-order valence-electron chi connectivity index (χ0n) is 12.7. The van der Waals surface area contributed by atoms with E-state index in [4.69, 9.17) is 5.11 Å². The van der Waals surface area contributed by atoms with Crippen molar-refractivity contribution in [2.75, 3.05) is 0 Å². The second kappa shape index (κ2) is 11.7. The fourth-order valence-electron chi connectivity index (χ4n) is 2.75. The first-order valence-electron chi connectivity index (χ1n) is 8.32. The summed E-state index contributed by atoms with van der Waals surface area (Å²) in [6.07, 6.45) is 23.0. The van der Waals surface area contributed by atoms with Crippen LogP contribution in [0.5, 0.6) is 0 Å². The van der Waals surface area contributed by atoms with Crippen LogP contribution < -0.4 is 0 Å². The quantitative estimate of drug-likeness (QED) is 0.378. The lowest BCUT2D eigenvalue weighted by Crippen LogP contribution is -1.91. The van der Waals surface area contributed by atoms with Gasteiger partial charge in [0.1, 0.15) is 0 Å². The molecule has 2 nitrogen and oxygen atoms in total. The predicted octanol–water partition coefficient (Wildman–Crippen LogP) is 5.49. The molecule has 114 valence electrons. The highest BCUT2D eigenvalue weighted by atomic mass is 16.4. The van der Waals surface area contributed by atoms with Gasteiger partial charge in [-0.25, -0.2) is 0 Å². The van der Waals surface area contributed by atoms with Gasteiger partial charge in [0, 0.05) is 6.42 Å². The van der Waals surface area contributed by atoms with Crippen LogP contribution in [-0.4, -0.2) is 11.1 Å². The molecule has 0 spiro atoms. The third-order valence-electron chi connectivity index (χ3n) is 4.00. The van der Waals surface area contributed by atoms with Crippen molar-refractivity contribution in [2.45, 2.75) is 77.0 Å². The minimum Gasteiger partial charge on any atom is -0.481 e. The van der Waals surface area contributed by atoms with Gasteiger partial charge in [0.25, 0.3) is 0 Å². The molecule has 0 saturated heterocycles. The highest BCUT2D eigenvalue weighted by molar-refractivity contribution is 5.66. The average Bonchev–Trinajstić information content (AvgIpc) is 2.93. The maximum Gasteiger partial charge on any atom is 0.303 e. The largest absolute Gasteiger partial charge is 0.481 e. The van der Waals surface area contributed by atoms with Crippen molar-refractivity contribution in [3.8, 4) is 0 Å². The fraction of sp³-hybridized carbons (Fsp3) is 0.722. The first kappa shape index (κ1) is 17.0. The van der Waals surface area contributed by atoms with E-state index in [1.807, 2.05) is 6.08 Å². The molecule has 2 heteroatoms. The monoisotopic (exact) mass is 278 g/mol. The van der Waals surface area contributed by atoms with Crippen molar-refractivity contribution in [1.29, 1.82) is 0 Å². The number of carbonyl (C=O) groups is 1. The van der Waals surface area contributed by atoms with E-state index < -0.39 is 5.97 Å². The van der Waals surface area contributed by atoms with E-state index >= 15 is 0 Å². The topological polar surface area (TPSA) is 37.3 Å². The molecule has 1 aliphatic rings. The number of unbranched alkanes of at least 4 members (excludes halogenated alkanes) is 6. The predicted molar refractivity (Wildman–Crippen MR) is 84.8 cm³/mol. The van der Waals surface area contributed by atoms with Crippen LogP contribution in [0.4, 0.5) is 0 Å². The Morgan fingerprint density at radius 1 is 1.05 bits per heavy atom.